The van der Waals surface area contributed by atoms with Gasteiger partial charge in [0.2, 0.25) is 5.91 Å². The summed E-state index contributed by atoms with van der Waals surface area (Å²) >= 11 is 12.1. The molecule has 8 heteroatoms. The van der Waals surface area contributed by atoms with Crippen LogP contribution in [-0.4, -0.2) is 31.1 Å². The Labute approximate surface area is 144 Å². The summed E-state index contributed by atoms with van der Waals surface area (Å²) in [4.78, 5) is 12.6. The average Bonchev–Trinajstić information content (AvgIpc) is 2.95. The highest BCUT2D eigenvalue weighted by molar-refractivity contribution is 6.36. The van der Waals surface area contributed by atoms with Gasteiger partial charge in [0.15, 0.2) is 0 Å². The normalized spacial score (nSPS) is 28.3. The van der Waals surface area contributed by atoms with E-state index in [1.807, 2.05) is 0 Å². The number of carbonyl (C=O) groups is 1. The fraction of sp³-hybridized carbons (Fsp3) is 0.533. The molecule has 3 rings (SSSR count). The summed E-state index contributed by atoms with van der Waals surface area (Å²) in [6.45, 7) is 3.46. The summed E-state index contributed by atoms with van der Waals surface area (Å²) in [6.07, 6.45) is 0.971. The summed E-state index contributed by atoms with van der Waals surface area (Å²) in [5, 5.41) is 6.45. The number of hydrogen-bond donors (Lipinski definition) is 4. The highest BCUT2D eigenvalue weighted by Crippen LogP contribution is 2.32. The van der Waals surface area contributed by atoms with Crippen molar-refractivity contribution in [1.29, 1.82) is 0 Å². The second-order valence-corrected chi connectivity index (χ2v) is 6.80. The number of halogens is 3. The molecule has 126 valence electrons. The van der Waals surface area contributed by atoms with E-state index >= 15 is 0 Å². The Morgan fingerprint density at radius 3 is 2.96 bits per heavy atom. The van der Waals surface area contributed by atoms with E-state index in [1.54, 1.807) is 6.92 Å². The summed E-state index contributed by atoms with van der Waals surface area (Å²) in [5.74, 6) is -0.531. The quantitative estimate of drug-likeness (QED) is 0.620. The van der Waals surface area contributed by atoms with E-state index in [9.17, 15) is 9.18 Å². The fourth-order valence-corrected chi connectivity index (χ4v) is 3.99. The van der Waals surface area contributed by atoms with Crippen molar-refractivity contribution in [1.82, 2.24) is 21.5 Å². The van der Waals surface area contributed by atoms with Crippen molar-refractivity contribution >= 4 is 29.1 Å². The highest BCUT2D eigenvalue weighted by Gasteiger charge is 2.41. The molecule has 4 N–H and O–H groups in total. The van der Waals surface area contributed by atoms with Gasteiger partial charge in [-0.05, 0) is 32.0 Å². The van der Waals surface area contributed by atoms with Gasteiger partial charge in [-0.15, -0.1) is 0 Å². The lowest BCUT2D eigenvalue weighted by molar-refractivity contribution is -0.124. The van der Waals surface area contributed by atoms with E-state index in [0.717, 1.165) is 19.5 Å². The molecular formula is C15H19Cl2FN4O. The Hall–Kier alpha value is -0.920. The van der Waals surface area contributed by atoms with Crippen LogP contribution in [0.1, 0.15) is 24.9 Å². The number of fused-ring (bicyclic) bond motifs is 1. The van der Waals surface area contributed by atoms with Crippen molar-refractivity contribution in [3.8, 4) is 0 Å². The van der Waals surface area contributed by atoms with E-state index in [0.29, 0.717) is 10.6 Å². The first-order valence-corrected chi connectivity index (χ1v) is 8.40. The smallest absolute Gasteiger partial charge is 0.239 e. The maximum Gasteiger partial charge on any atom is 0.239 e. The van der Waals surface area contributed by atoms with Crippen LogP contribution in [0, 0.1) is 11.7 Å². The summed E-state index contributed by atoms with van der Waals surface area (Å²) < 4.78 is 13.6. The van der Waals surface area contributed by atoms with Gasteiger partial charge in [0, 0.05) is 29.1 Å². The van der Waals surface area contributed by atoms with Crippen LogP contribution in [0.25, 0.3) is 0 Å². The van der Waals surface area contributed by atoms with Crippen LogP contribution in [-0.2, 0) is 4.79 Å². The molecule has 4 atom stereocenters. The molecule has 0 radical (unpaired) electrons. The van der Waals surface area contributed by atoms with Crippen molar-refractivity contribution in [2.75, 3.05) is 13.1 Å². The van der Waals surface area contributed by atoms with Crippen molar-refractivity contribution in [2.45, 2.75) is 31.5 Å². The minimum Gasteiger partial charge on any atom is -0.348 e. The maximum absolute atomic E-state index is 13.6. The number of nitrogens with one attached hydrogen (secondary N) is 4. The second-order valence-electron chi connectivity index (χ2n) is 6.02. The zero-order chi connectivity index (χ0) is 16.6. The third kappa shape index (κ3) is 3.32. The van der Waals surface area contributed by atoms with E-state index in [-0.39, 0.29) is 28.9 Å². The number of rotatable bonds is 3. The molecule has 0 spiro atoms. The molecule has 2 fully saturated rings. The number of hydrogen-bond acceptors (Lipinski definition) is 4. The van der Waals surface area contributed by atoms with Crippen LogP contribution in [0.5, 0.6) is 0 Å². The largest absolute Gasteiger partial charge is 0.348 e. The molecule has 2 saturated heterocycles. The van der Waals surface area contributed by atoms with Gasteiger partial charge in [0.25, 0.3) is 0 Å². The van der Waals surface area contributed by atoms with Crippen LogP contribution in [0.2, 0.25) is 10.0 Å². The lowest BCUT2D eigenvalue weighted by Crippen LogP contribution is -2.49. The fourth-order valence-electron chi connectivity index (χ4n) is 3.29. The molecular weight excluding hydrogens is 342 g/mol. The highest BCUT2D eigenvalue weighted by atomic mass is 35.5. The molecule has 1 aromatic rings. The van der Waals surface area contributed by atoms with Crippen LogP contribution in [0.15, 0.2) is 12.1 Å². The van der Waals surface area contributed by atoms with E-state index < -0.39 is 11.9 Å². The summed E-state index contributed by atoms with van der Waals surface area (Å²) in [6, 6.07) is 2.10. The van der Waals surface area contributed by atoms with Gasteiger partial charge in [-0.3, -0.25) is 10.2 Å². The zero-order valence-corrected chi connectivity index (χ0v) is 14.1. The molecule has 0 aromatic heterocycles. The van der Waals surface area contributed by atoms with Gasteiger partial charge in [-0.2, -0.15) is 0 Å². The molecule has 2 aliphatic rings. The van der Waals surface area contributed by atoms with E-state index in [4.69, 9.17) is 23.2 Å². The van der Waals surface area contributed by atoms with E-state index in [1.165, 1.54) is 12.1 Å². The van der Waals surface area contributed by atoms with Crippen LogP contribution in [0.3, 0.4) is 0 Å². The SMILES string of the molecule is CC(NC(=O)C1NNC2CCNCC21)c1c(Cl)ccc(F)c1Cl. The first-order valence-electron chi connectivity index (χ1n) is 7.64. The van der Waals surface area contributed by atoms with Crippen molar-refractivity contribution < 1.29 is 9.18 Å². The molecule has 23 heavy (non-hydrogen) atoms. The van der Waals surface area contributed by atoms with Crippen molar-refractivity contribution in [3.63, 3.8) is 0 Å². The van der Waals surface area contributed by atoms with Crippen molar-refractivity contribution in [3.05, 3.63) is 33.6 Å². The molecule has 4 unspecified atom stereocenters. The molecule has 0 aliphatic carbocycles. The molecule has 0 saturated carbocycles. The first kappa shape index (κ1) is 16.9. The van der Waals surface area contributed by atoms with Crippen molar-refractivity contribution in [2.24, 2.45) is 5.92 Å². The Bertz CT molecular complexity index is 615. The van der Waals surface area contributed by atoms with Gasteiger partial charge in [-0.25, -0.2) is 9.82 Å². The van der Waals surface area contributed by atoms with Gasteiger partial charge >= 0.3 is 0 Å². The Morgan fingerprint density at radius 1 is 1.39 bits per heavy atom. The van der Waals surface area contributed by atoms with Crippen LogP contribution >= 0.6 is 23.2 Å². The van der Waals surface area contributed by atoms with E-state index in [2.05, 4.69) is 21.5 Å². The third-order valence-electron chi connectivity index (χ3n) is 4.54. The van der Waals surface area contributed by atoms with Gasteiger partial charge < -0.3 is 10.6 Å². The standard InChI is InChI=1S/C15H19Cl2FN4O/c1-7(12-9(16)2-3-10(18)13(12)17)20-15(23)14-8-6-19-5-4-11(8)21-22-14/h2-3,7-8,11,14,19,21-22H,4-6H2,1H3,(H,20,23). The molecule has 2 heterocycles. The predicted octanol–water partition coefficient (Wildman–Crippen LogP) is 1.76. The van der Waals surface area contributed by atoms with Crippen LogP contribution in [0.4, 0.5) is 4.39 Å². The Balaban J connectivity index is 1.72. The Kier molecular flexibility index (Phi) is 5.08. The number of carbonyl (C=O) groups excluding carboxylic acids is 1. The predicted molar refractivity (Wildman–Crippen MR) is 87.8 cm³/mol. The van der Waals surface area contributed by atoms with Gasteiger partial charge in [0.05, 0.1) is 11.1 Å². The molecule has 5 nitrogen and oxygen atoms in total. The van der Waals surface area contributed by atoms with Gasteiger partial charge in [0.1, 0.15) is 11.9 Å². The molecule has 1 aromatic carbocycles. The zero-order valence-electron chi connectivity index (χ0n) is 12.6. The minimum absolute atomic E-state index is 0.0555. The number of piperidine rings is 1. The molecule has 2 aliphatic heterocycles. The lowest BCUT2D eigenvalue weighted by atomic mass is 9.89. The maximum atomic E-state index is 13.6. The number of amides is 1. The minimum atomic E-state index is -0.552. The Morgan fingerprint density at radius 2 is 2.17 bits per heavy atom. The number of benzene rings is 1. The summed E-state index contributed by atoms with van der Waals surface area (Å²) in [7, 11) is 0. The lowest BCUT2D eigenvalue weighted by Gasteiger charge is -2.28. The van der Waals surface area contributed by atoms with Gasteiger partial charge in [-0.1, -0.05) is 23.2 Å². The first-order chi connectivity index (χ1) is 11.0. The van der Waals surface area contributed by atoms with Crippen LogP contribution < -0.4 is 21.5 Å². The average molecular weight is 361 g/mol. The molecule has 1 amide bonds. The number of hydrazine groups is 1. The summed E-state index contributed by atoms with van der Waals surface area (Å²) in [5.41, 5.74) is 6.62. The second kappa shape index (κ2) is 6.91. The third-order valence-corrected chi connectivity index (χ3v) is 5.25. The molecule has 0 bridgehead atoms. The topological polar surface area (TPSA) is 65.2 Å². The monoisotopic (exact) mass is 360 g/mol.